The molecule has 0 unspecified atom stereocenters. The van der Waals surface area contributed by atoms with Crippen molar-refractivity contribution in [3.05, 3.63) is 17.8 Å². The van der Waals surface area contributed by atoms with Gasteiger partial charge in [0.2, 0.25) is 5.88 Å². The molecule has 5 nitrogen and oxygen atoms in total. The molecule has 1 aromatic heterocycles. The fourth-order valence-corrected chi connectivity index (χ4v) is 2.28. The van der Waals surface area contributed by atoms with Crippen molar-refractivity contribution in [2.45, 2.75) is 25.6 Å². The van der Waals surface area contributed by atoms with Crippen molar-refractivity contribution in [2.75, 3.05) is 13.2 Å². The van der Waals surface area contributed by atoms with Crippen LogP contribution in [0.15, 0.2) is 12.1 Å². The van der Waals surface area contributed by atoms with Gasteiger partial charge in [-0.3, -0.25) is 0 Å². The molecule has 2 aliphatic rings. The summed E-state index contributed by atoms with van der Waals surface area (Å²) in [7, 11) is 0. The Morgan fingerprint density at radius 2 is 2.19 bits per heavy atom. The number of aliphatic hydroxyl groups excluding tert-OH is 1. The fourth-order valence-electron chi connectivity index (χ4n) is 2.28. The minimum Gasteiger partial charge on any atom is -0.473 e. The van der Waals surface area contributed by atoms with Crippen LogP contribution in [-0.4, -0.2) is 34.6 Å². The maximum Gasteiger partial charge on any atom is 0.233 e. The third kappa shape index (κ3) is 1.66. The van der Waals surface area contributed by atoms with Gasteiger partial charge in [0.1, 0.15) is 6.10 Å². The van der Waals surface area contributed by atoms with Gasteiger partial charge in [0.05, 0.1) is 25.5 Å². The van der Waals surface area contributed by atoms with E-state index >= 15 is 0 Å². The van der Waals surface area contributed by atoms with Crippen LogP contribution in [0.1, 0.15) is 18.5 Å². The van der Waals surface area contributed by atoms with E-state index in [0.29, 0.717) is 17.0 Å². The Kier molecular flexibility index (Phi) is 2.29. The SMILES string of the molecule is OCc1ccc(OC2CC3(COC3)C2)nn1. The molecule has 0 amide bonds. The van der Waals surface area contributed by atoms with Gasteiger partial charge in [-0.15, -0.1) is 10.2 Å². The van der Waals surface area contributed by atoms with Crippen molar-refractivity contribution >= 4 is 0 Å². The average molecular weight is 222 g/mol. The Balaban J connectivity index is 1.54. The first-order valence-corrected chi connectivity index (χ1v) is 5.48. The van der Waals surface area contributed by atoms with E-state index in [1.54, 1.807) is 12.1 Å². The number of hydrogen-bond donors (Lipinski definition) is 1. The van der Waals surface area contributed by atoms with Gasteiger partial charge in [-0.05, 0) is 18.9 Å². The van der Waals surface area contributed by atoms with E-state index in [2.05, 4.69) is 10.2 Å². The lowest BCUT2D eigenvalue weighted by molar-refractivity contribution is -0.191. The lowest BCUT2D eigenvalue weighted by Crippen LogP contribution is -2.56. The highest BCUT2D eigenvalue weighted by Crippen LogP contribution is 2.48. The number of nitrogens with zero attached hydrogens (tertiary/aromatic N) is 2. The van der Waals surface area contributed by atoms with Gasteiger partial charge in [0.15, 0.2) is 0 Å². The Hall–Kier alpha value is -1.20. The van der Waals surface area contributed by atoms with Crippen molar-refractivity contribution in [1.82, 2.24) is 10.2 Å². The molecule has 16 heavy (non-hydrogen) atoms. The Morgan fingerprint density at radius 3 is 2.69 bits per heavy atom. The van der Waals surface area contributed by atoms with Crippen LogP contribution in [0.3, 0.4) is 0 Å². The summed E-state index contributed by atoms with van der Waals surface area (Å²) in [6.45, 7) is 1.67. The first kappa shape index (κ1) is 9.99. The molecular weight excluding hydrogens is 208 g/mol. The lowest BCUT2D eigenvalue weighted by Gasteiger charge is -2.52. The summed E-state index contributed by atoms with van der Waals surface area (Å²) < 4.78 is 10.9. The zero-order valence-electron chi connectivity index (χ0n) is 8.93. The Bertz CT molecular complexity index is 367. The second-order valence-electron chi connectivity index (χ2n) is 4.66. The minimum absolute atomic E-state index is 0.0862. The van der Waals surface area contributed by atoms with Gasteiger partial charge < -0.3 is 14.6 Å². The zero-order valence-corrected chi connectivity index (χ0v) is 8.93. The van der Waals surface area contributed by atoms with Crippen LogP contribution in [0.4, 0.5) is 0 Å². The van der Waals surface area contributed by atoms with Gasteiger partial charge >= 0.3 is 0 Å². The van der Waals surface area contributed by atoms with Gasteiger partial charge in [0, 0.05) is 11.5 Å². The number of hydrogen-bond acceptors (Lipinski definition) is 5. The third-order valence-electron chi connectivity index (χ3n) is 3.28. The highest BCUT2D eigenvalue weighted by Gasteiger charge is 2.51. The first-order chi connectivity index (χ1) is 7.80. The Labute approximate surface area is 93.4 Å². The van der Waals surface area contributed by atoms with E-state index in [0.717, 1.165) is 26.1 Å². The number of aromatic nitrogens is 2. The minimum atomic E-state index is -0.0862. The molecule has 0 atom stereocenters. The van der Waals surface area contributed by atoms with Gasteiger partial charge in [0.25, 0.3) is 0 Å². The van der Waals surface area contributed by atoms with Crippen molar-refractivity contribution in [1.29, 1.82) is 0 Å². The predicted octanol–water partition coefficient (Wildman–Crippen LogP) is 0.527. The second kappa shape index (κ2) is 3.68. The van der Waals surface area contributed by atoms with Crippen molar-refractivity contribution in [2.24, 2.45) is 5.41 Å². The second-order valence-corrected chi connectivity index (χ2v) is 4.66. The highest BCUT2D eigenvalue weighted by atomic mass is 16.5. The molecule has 1 saturated carbocycles. The number of rotatable bonds is 3. The van der Waals surface area contributed by atoms with Crippen molar-refractivity contribution in [3.63, 3.8) is 0 Å². The highest BCUT2D eigenvalue weighted by molar-refractivity contribution is 5.12. The molecule has 1 spiro atoms. The summed E-state index contributed by atoms with van der Waals surface area (Å²) in [6, 6.07) is 3.48. The molecule has 0 aromatic carbocycles. The van der Waals surface area contributed by atoms with Crippen molar-refractivity contribution < 1.29 is 14.6 Å². The number of ether oxygens (including phenoxy) is 2. The maximum atomic E-state index is 8.82. The molecule has 0 radical (unpaired) electrons. The standard InChI is InChI=1S/C11H14N2O3/c14-5-8-1-2-10(13-12-8)16-9-3-11(4-9)6-15-7-11/h1-2,9,14H,3-7H2. The van der Waals surface area contributed by atoms with Crippen LogP contribution in [0.25, 0.3) is 0 Å². The molecule has 1 aromatic rings. The van der Waals surface area contributed by atoms with Crippen LogP contribution in [0.5, 0.6) is 5.88 Å². The molecule has 1 aliphatic heterocycles. The van der Waals surface area contributed by atoms with E-state index in [-0.39, 0.29) is 12.7 Å². The monoisotopic (exact) mass is 222 g/mol. The maximum absolute atomic E-state index is 8.82. The zero-order chi connectivity index (χ0) is 11.0. The summed E-state index contributed by atoms with van der Waals surface area (Å²) in [5, 5.41) is 16.5. The molecule has 3 rings (SSSR count). The topological polar surface area (TPSA) is 64.5 Å². The fraction of sp³-hybridized carbons (Fsp3) is 0.636. The molecule has 1 N–H and O–H groups in total. The van der Waals surface area contributed by atoms with Crippen molar-refractivity contribution in [3.8, 4) is 5.88 Å². The summed E-state index contributed by atoms with van der Waals surface area (Å²) in [4.78, 5) is 0. The molecule has 1 aliphatic carbocycles. The van der Waals surface area contributed by atoms with Gasteiger partial charge in [-0.2, -0.15) is 0 Å². The van der Waals surface area contributed by atoms with E-state index < -0.39 is 0 Å². The van der Waals surface area contributed by atoms with Crippen LogP contribution >= 0.6 is 0 Å². The first-order valence-electron chi connectivity index (χ1n) is 5.48. The van der Waals surface area contributed by atoms with Crippen LogP contribution in [0.2, 0.25) is 0 Å². The summed E-state index contributed by atoms with van der Waals surface area (Å²) in [5.74, 6) is 0.539. The predicted molar refractivity (Wildman–Crippen MR) is 54.9 cm³/mol. The van der Waals surface area contributed by atoms with E-state index in [1.807, 2.05) is 0 Å². The molecule has 2 heterocycles. The van der Waals surface area contributed by atoms with Crippen LogP contribution in [-0.2, 0) is 11.3 Å². The molecule has 5 heteroatoms. The average Bonchev–Trinajstić information content (AvgIpc) is 2.21. The quantitative estimate of drug-likeness (QED) is 0.808. The van der Waals surface area contributed by atoms with E-state index in [1.165, 1.54) is 0 Å². The summed E-state index contributed by atoms with van der Waals surface area (Å²) in [5.41, 5.74) is 0.966. The normalized spacial score (nSPS) is 22.6. The van der Waals surface area contributed by atoms with E-state index in [9.17, 15) is 0 Å². The Morgan fingerprint density at radius 1 is 1.38 bits per heavy atom. The summed E-state index contributed by atoms with van der Waals surface area (Å²) in [6.07, 6.45) is 2.35. The third-order valence-corrected chi connectivity index (χ3v) is 3.28. The molecule has 0 bridgehead atoms. The van der Waals surface area contributed by atoms with Crippen LogP contribution in [0, 0.1) is 5.41 Å². The van der Waals surface area contributed by atoms with E-state index in [4.69, 9.17) is 14.6 Å². The molecule has 1 saturated heterocycles. The number of aliphatic hydroxyl groups is 1. The molecule has 2 fully saturated rings. The van der Waals surface area contributed by atoms with Gasteiger partial charge in [-0.25, -0.2) is 0 Å². The molecular formula is C11H14N2O3. The smallest absolute Gasteiger partial charge is 0.233 e. The largest absolute Gasteiger partial charge is 0.473 e. The molecule has 86 valence electrons. The van der Waals surface area contributed by atoms with Crippen LogP contribution < -0.4 is 4.74 Å². The lowest BCUT2D eigenvalue weighted by atomic mass is 9.65. The summed E-state index contributed by atoms with van der Waals surface area (Å²) >= 11 is 0. The van der Waals surface area contributed by atoms with Gasteiger partial charge in [-0.1, -0.05) is 0 Å².